The van der Waals surface area contributed by atoms with E-state index in [1.165, 1.54) is 12.8 Å². The largest absolute Gasteiger partial charge is 0.336 e. The molecule has 2 fully saturated rings. The molecule has 1 aliphatic heterocycles. The minimum absolute atomic E-state index is 0.0828. The number of nitrogens with zero attached hydrogens (tertiary/aromatic N) is 3. The van der Waals surface area contributed by atoms with Crippen molar-refractivity contribution in [2.24, 2.45) is 0 Å². The Balaban J connectivity index is 1.68. The van der Waals surface area contributed by atoms with E-state index in [0.29, 0.717) is 10.7 Å². The number of rotatable bonds is 3. The summed E-state index contributed by atoms with van der Waals surface area (Å²) in [6.07, 6.45) is 3.44. The SMILES string of the molecule is CCc1cc(C(=O)N2CCN(C3CC3)CC2)cc(Cl)n1. The highest BCUT2D eigenvalue weighted by atomic mass is 35.5. The summed E-state index contributed by atoms with van der Waals surface area (Å²) >= 11 is 5.99. The molecule has 3 rings (SSSR count). The maximum Gasteiger partial charge on any atom is 0.254 e. The number of pyridine rings is 1. The Morgan fingerprint density at radius 3 is 2.60 bits per heavy atom. The second-order valence-corrected chi connectivity index (χ2v) is 5.97. The molecule has 0 aromatic carbocycles. The van der Waals surface area contributed by atoms with Crippen LogP contribution in [0, 0.1) is 0 Å². The van der Waals surface area contributed by atoms with Gasteiger partial charge in [-0.1, -0.05) is 18.5 Å². The molecular formula is C15H20ClN3O. The van der Waals surface area contributed by atoms with Crippen molar-refractivity contribution in [3.05, 3.63) is 28.5 Å². The van der Waals surface area contributed by atoms with Crippen molar-refractivity contribution in [1.29, 1.82) is 0 Å². The topological polar surface area (TPSA) is 36.4 Å². The van der Waals surface area contributed by atoms with Crippen molar-refractivity contribution in [3.8, 4) is 0 Å². The molecule has 0 N–H and O–H groups in total. The molecule has 0 spiro atoms. The van der Waals surface area contributed by atoms with Gasteiger partial charge in [0.05, 0.1) is 0 Å². The molecule has 108 valence electrons. The third-order valence-corrected chi connectivity index (χ3v) is 4.31. The molecule has 2 aliphatic rings. The number of aromatic nitrogens is 1. The lowest BCUT2D eigenvalue weighted by Gasteiger charge is -2.34. The van der Waals surface area contributed by atoms with Crippen molar-refractivity contribution in [3.63, 3.8) is 0 Å². The molecule has 1 saturated heterocycles. The summed E-state index contributed by atoms with van der Waals surface area (Å²) in [4.78, 5) is 21.2. The fraction of sp³-hybridized carbons (Fsp3) is 0.600. The number of carbonyl (C=O) groups excluding carboxylic acids is 1. The molecule has 4 nitrogen and oxygen atoms in total. The molecule has 5 heteroatoms. The summed E-state index contributed by atoms with van der Waals surface area (Å²) in [6, 6.07) is 4.33. The molecule has 1 aliphatic carbocycles. The zero-order chi connectivity index (χ0) is 14.1. The number of carbonyl (C=O) groups is 1. The van der Waals surface area contributed by atoms with Gasteiger partial charge in [-0.05, 0) is 31.4 Å². The third kappa shape index (κ3) is 2.96. The van der Waals surface area contributed by atoms with Crippen LogP contribution in [0.3, 0.4) is 0 Å². The summed E-state index contributed by atoms with van der Waals surface area (Å²) in [5.41, 5.74) is 1.54. The van der Waals surface area contributed by atoms with Crippen LogP contribution in [0.5, 0.6) is 0 Å². The van der Waals surface area contributed by atoms with E-state index < -0.39 is 0 Å². The molecule has 2 heterocycles. The van der Waals surface area contributed by atoms with Gasteiger partial charge < -0.3 is 4.90 Å². The number of halogens is 1. The summed E-state index contributed by atoms with van der Waals surface area (Å²) in [6.45, 7) is 5.64. The van der Waals surface area contributed by atoms with Crippen LogP contribution in [-0.4, -0.2) is 52.9 Å². The first-order valence-corrected chi connectivity index (χ1v) is 7.75. The maximum atomic E-state index is 12.5. The van der Waals surface area contributed by atoms with Gasteiger partial charge in [0.1, 0.15) is 5.15 Å². The maximum absolute atomic E-state index is 12.5. The molecule has 0 radical (unpaired) electrons. The Morgan fingerprint density at radius 2 is 2.00 bits per heavy atom. The average molecular weight is 294 g/mol. The van der Waals surface area contributed by atoms with Crippen LogP contribution >= 0.6 is 11.6 Å². The lowest BCUT2D eigenvalue weighted by molar-refractivity contribution is 0.0627. The Morgan fingerprint density at radius 1 is 1.30 bits per heavy atom. The van der Waals surface area contributed by atoms with Gasteiger partial charge in [-0.2, -0.15) is 0 Å². The lowest BCUT2D eigenvalue weighted by Crippen LogP contribution is -2.49. The minimum Gasteiger partial charge on any atom is -0.336 e. The van der Waals surface area contributed by atoms with E-state index in [2.05, 4.69) is 9.88 Å². The standard InChI is InChI=1S/C15H20ClN3O/c1-2-12-9-11(10-14(16)17-12)15(20)19-7-5-18(6-8-19)13-3-4-13/h9-10,13H,2-8H2,1H3. The number of piperazine rings is 1. The zero-order valence-corrected chi connectivity index (χ0v) is 12.6. The second-order valence-electron chi connectivity index (χ2n) is 5.58. The normalized spacial score (nSPS) is 20.2. The van der Waals surface area contributed by atoms with Crippen LogP contribution in [-0.2, 0) is 6.42 Å². The fourth-order valence-corrected chi connectivity index (χ4v) is 2.99. The Hall–Kier alpha value is -1.13. The fourth-order valence-electron chi connectivity index (χ4n) is 2.77. The van der Waals surface area contributed by atoms with Crippen molar-refractivity contribution in [2.75, 3.05) is 26.2 Å². The van der Waals surface area contributed by atoms with E-state index in [-0.39, 0.29) is 5.91 Å². The van der Waals surface area contributed by atoms with E-state index in [1.54, 1.807) is 6.07 Å². The van der Waals surface area contributed by atoms with Crippen LogP contribution in [0.4, 0.5) is 0 Å². The van der Waals surface area contributed by atoms with E-state index in [0.717, 1.165) is 44.3 Å². The molecule has 1 aromatic rings. The van der Waals surface area contributed by atoms with Crippen molar-refractivity contribution in [2.45, 2.75) is 32.2 Å². The lowest BCUT2D eigenvalue weighted by atomic mass is 10.1. The first kappa shape index (κ1) is 13.8. The van der Waals surface area contributed by atoms with Crippen LogP contribution < -0.4 is 0 Å². The molecule has 0 atom stereocenters. The molecule has 1 saturated carbocycles. The van der Waals surface area contributed by atoms with Gasteiger partial charge in [-0.15, -0.1) is 0 Å². The molecule has 0 bridgehead atoms. The number of amides is 1. The highest BCUT2D eigenvalue weighted by Gasteiger charge is 2.32. The molecular weight excluding hydrogens is 274 g/mol. The molecule has 1 amide bonds. The van der Waals surface area contributed by atoms with Crippen LogP contribution in [0.25, 0.3) is 0 Å². The zero-order valence-electron chi connectivity index (χ0n) is 11.8. The van der Waals surface area contributed by atoms with Crippen molar-refractivity contribution in [1.82, 2.24) is 14.8 Å². The highest BCUT2D eigenvalue weighted by Crippen LogP contribution is 2.27. The van der Waals surface area contributed by atoms with E-state index in [4.69, 9.17) is 11.6 Å². The number of aryl methyl sites for hydroxylation is 1. The van der Waals surface area contributed by atoms with E-state index in [1.807, 2.05) is 17.9 Å². The summed E-state index contributed by atoms with van der Waals surface area (Å²) in [5, 5.41) is 0.407. The quantitative estimate of drug-likeness (QED) is 0.802. The van der Waals surface area contributed by atoms with Gasteiger partial charge in [0.15, 0.2) is 0 Å². The Kier molecular flexibility index (Phi) is 3.94. The molecule has 1 aromatic heterocycles. The van der Waals surface area contributed by atoms with Gasteiger partial charge in [0.2, 0.25) is 0 Å². The van der Waals surface area contributed by atoms with E-state index >= 15 is 0 Å². The smallest absolute Gasteiger partial charge is 0.254 e. The minimum atomic E-state index is 0.0828. The predicted octanol–water partition coefficient (Wildman–Crippen LogP) is 2.22. The summed E-state index contributed by atoms with van der Waals surface area (Å²) in [7, 11) is 0. The number of hydrogen-bond donors (Lipinski definition) is 0. The predicted molar refractivity (Wildman–Crippen MR) is 79.1 cm³/mol. The van der Waals surface area contributed by atoms with E-state index in [9.17, 15) is 4.79 Å². The second kappa shape index (κ2) is 5.70. The van der Waals surface area contributed by atoms with Gasteiger partial charge in [-0.3, -0.25) is 9.69 Å². The highest BCUT2D eigenvalue weighted by molar-refractivity contribution is 6.29. The van der Waals surface area contributed by atoms with Crippen LogP contribution in [0.15, 0.2) is 12.1 Å². The summed E-state index contributed by atoms with van der Waals surface area (Å²) in [5.74, 6) is 0.0828. The van der Waals surface area contributed by atoms with Crippen LogP contribution in [0.1, 0.15) is 35.8 Å². The third-order valence-electron chi connectivity index (χ3n) is 4.12. The monoisotopic (exact) mass is 293 g/mol. The summed E-state index contributed by atoms with van der Waals surface area (Å²) < 4.78 is 0. The first-order valence-electron chi connectivity index (χ1n) is 7.37. The van der Waals surface area contributed by atoms with Crippen molar-refractivity contribution >= 4 is 17.5 Å². The Bertz CT molecular complexity index is 508. The van der Waals surface area contributed by atoms with Crippen LogP contribution in [0.2, 0.25) is 5.15 Å². The first-order chi connectivity index (χ1) is 9.67. The van der Waals surface area contributed by atoms with Gasteiger partial charge in [-0.25, -0.2) is 4.98 Å². The molecule has 20 heavy (non-hydrogen) atoms. The number of hydrogen-bond acceptors (Lipinski definition) is 3. The van der Waals surface area contributed by atoms with Crippen molar-refractivity contribution < 1.29 is 4.79 Å². The average Bonchev–Trinajstić information content (AvgIpc) is 3.30. The van der Waals surface area contributed by atoms with Gasteiger partial charge in [0.25, 0.3) is 5.91 Å². The van der Waals surface area contributed by atoms with Gasteiger partial charge in [0, 0.05) is 43.5 Å². The Labute approximate surface area is 124 Å². The molecule has 0 unspecified atom stereocenters. The van der Waals surface area contributed by atoms with Gasteiger partial charge >= 0.3 is 0 Å².